The average Bonchev–Trinajstić information content (AvgIpc) is 3.00. The molecule has 3 nitrogen and oxygen atoms in total. The fourth-order valence-electron chi connectivity index (χ4n) is 2.00. The van der Waals surface area contributed by atoms with Crippen molar-refractivity contribution in [2.75, 3.05) is 6.61 Å². The van der Waals surface area contributed by atoms with Crippen molar-refractivity contribution in [3.05, 3.63) is 46.4 Å². The number of aromatic nitrogens is 1. The molecule has 106 valence electrons. The molecule has 0 fully saturated rings. The lowest BCUT2D eigenvalue weighted by atomic mass is 10.1. The van der Waals surface area contributed by atoms with Gasteiger partial charge in [-0.15, -0.1) is 11.3 Å². The highest BCUT2D eigenvalue weighted by Crippen LogP contribution is 2.15. The summed E-state index contributed by atoms with van der Waals surface area (Å²) in [6, 6.07) is 8.18. The second kappa shape index (κ2) is 7.80. The van der Waals surface area contributed by atoms with Crippen LogP contribution in [0.2, 0.25) is 0 Å². The summed E-state index contributed by atoms with van der Waals surface area (Å²) in [5.41, 5.74) is 1.29. The Kier molecular flexibility index (Phi) is 5.74. The number of Topliss-reactive ketones (excluding diaryl/α,β-unsaturated/α-hetero) is 1. The fraction of sp³-hybridized carbons (Fsp3) is 0.375. The number of rotatable bonds is 8. The number of carbonyl (C=O) groups is 1. The highest BCUT2D eigenvalue weighted by molar-refractivity contribution is 7.11. The number of thiazole rings is 1. The predicted molar refractivity (Wildman–Crippen MR) is 81.6 cm³/mol. The normalized spacial score (nSPS) is 10.4. The Labute approximate surface area is 123 Å². The third-order valence-electron chi connectivity index (χ3n) is 3.02. The van der Waals surface area contributed by atoms with E-state index in [1.807, 2.05) is 24.4 Å². The smallest absolute Gasteiger partial charge is 0.191 e. The van der Waals surface area contributed by atoms with Gasteiger partial charge in [0.15, 0.2) is 10.8 Å². The first-order valence-electron chi connectivity index (χ1n) is 6.94. The summed E-state index contributed by atoms with van der Waals surface area (Å²) in [5, 5.41) is 2.47. The zero-order valence-electron chi connectivity index (χ0n) is 11.7. The quantitative estimate of drug-likeness (QED) is 0.541. The lowest BCUT2D eigenvalue weighted by Crippen LogP contribution is -1.98. The summed E-state index contributed by atoms with van der Waals surface area (Å²) < 4.78 is 5.41. The van der Waals surface area contributed by atoms with Crippen molar-refractivity contribution in [2.45, 2.75) is 32.6 Å². The fourth-order valence-corrected chi connectivity index (χ4v) is 2.61. The molecule has 0 N–H and O–H groups in total. The maximum atomic E-state index is 11.8. The molecule has 20 heavy (non-hydrogen) atoms. The van der Waals surface area contributed by atoms with Gasteiger partial charge in [-0.2, -0.15) is 0 Å². The van der Waals surface area contributed by atoms with Crippen LogP contribution in [-0.4, -0.2) is 17.4 Å². The highest BCUT2D eigenvalue weighted by Gasteiger charge is 2.07. The summed E-state index contributed by atoms with van der Waals surface area (Å²) in [6.45, 7) is 2.67. The van der Waals surface area contributed by atoms with Crippen molar-refractivity contribution in [1.29, 1.82) is 0 Å². The summed E-state index contributed by atoms with van der Waals surface area (Å²) in [6.07, 6.45) is 5.19. The molecule has 0 saturated carbocycles. The predicted octanol–water partition coefficient (Wildman–Crippen LogP) is 4.14. The zero-order chi connectivity index (χ0) is 14.2. The van der Waals surface area contributed by atoms with Gasteiger partial charge in [-0.05, 0) is 43.9 Å². The van der Waals surface area contributed by atoms with E-state index in [2.05, 4.69) is 17.1 Å². The number of unbranched alkanes of at least 4 members (excludes halogenated alkanes) is 1. The molecular formula is C16H19NO2S. The summed E-state index contributed by atoms with van der Waals surface area (Å²) in [7, 11) is 0. The van der Waals surface area contributed by atoms with Crippen molar-refractivity contribution in [3.8, 4) is 5.75 Å². The molecule has 1 aromatic heterocycles. The Balaban J connectivity index is 1.69. The molecule has 0 aliphatic heterocycles. The third-order valence-corrected chi connectivity index (χ3v) is 3.84. The largest absolute Gasteiger partial charge is 0.494 e. The maximum Gasteiger partial charge on any atom is 0.191 e. The van der Waals surface area contributed by atoms with Crippen LogP contribution >= 0.6 is 11.3 Å². The average molecular weight is 289 g/mol. The van der Waals surface area contributed by atoms with Crippen LogP contribution in [-0.2, 0) is 6.42 Å². The number of nitrogens with zero attached hydrogens (tertiary/aromatic N) is 1. The number of ketones is 1. The molecule has 0 amide bonds. The Hall–Kier alpha value is -1.68. The molecule has 1 heterocycles. The first-order chi connectivity index (χ1) is 9.79. The Morgan fingerprint density at radius 1 is 1.25 bits per heavy atom. The van der Waals surface area contributed by atoms with E-state index in [0.717, 1.165) is 25.0 Å². The van der Waals surface area contributed by atoms with E-state index in [-0.39, 0.29) is 5.78 Å². The SMILES string of the molecule is CCOc1ccc(CCCCC(=O)c2nccs2)cc1. The van der Waals surface area contributed by atoms with E-state index in [0.29, 0.717) is 18.0 Å². The molecule has 1 aromatic carbocycles. The molecule has 2 rings (SSSR count). The molecular weight excluding hydrogens is 270 g/mol. The van der Waals surface area contributed by atoms with Gasteiger partial charge in [0.1, 0.15) is 5.75 Å². The second-order valence-corrected chi connectivity index (χ2v) is 5.44. The molecule has 0 spiro atoms. The van der Waals surface area contributed by atoms with Crippen LogP contribution in [0.5, 0.6) is 5.75 Å². The first kappa shape index (κ1) is 14.7. The van der Waals surface area contributed by atoms with Crippen molar-refractivity contribution >= 4 is 17.1 Å². The van der Waals surface area contributed by atoms with Gasteiger partial charge in [0.25, 0.3) is 0 Å². The number of aryl methyl sites for hydroxylation is 1. The van der Waals surface area contributed by atoms with Gasteiger partial charge in [-0.1, -0.05) is 12.1 Å². The summed E-state index contributed by atoms with van der Waals surface area (Å²) >= 11 is 1.42. The number of ether oxygens (including phenoxy) is 1. The minimum absolute atomic E-state index is 0.159. The third kappa shape index (κ3) is 4.46. The van der Waals surface area contributed by atoms with Crippen molar-refractivity contribution in [3.63, 3.8) is 0 Å². The number of hydrogen-bond acceptors (Lipinski definition) is 4. The summed E-state index contributed by atoms with van der Waals surface area (Å²) in [4.78, 5) is 15.8. The van der Waals surface area contributed by atoms with Gasteiger partial charge in [-0.25, -0.2) is 4.98 Å². The number of benzene rings is 1. The van der Waals surface area contributed by atoms with Crippen LogP contribution in [0.25, 0.3) is 0 Å². The van der Waals surface area contributed by atoms with Crippen LogP contribution in [0.3, 0.4) is 0 Å². The molecule has 0 bridgehead atoms. The van der Waals surface area contributed by atoms with E-state index in [4.69, 9.17) is 4.74 Å². The van der Waals surface area contributed by atoms with Gasteiger partial charge in [-0.3, -0.25) is 4.79 Å². The van der Waals surface area contributed by atoms with Crippen LogP contribution in [0.4, 0.5) is 0 Å². The first-order valence-corrected chi connectivity index (χ1v) is 7.82. The van der Waals surface area contributed by atoms with Crippen LogP contribution in [0.1, 0.15) is 41.6 Å². The van der Waals surface area contributed by atoms with Crippen LogP contribution in [0, 0.1) is 0 Å². The summed E-state index contributed by atoms with van der Waals surface area (Å²) in [5.74, 6) is 1.07. The van der Waals surface area contributed by atoms with Crippen LogP contribution < -0.4 is 4.74 Å². The lowest BCUT2D eigenvalue weighted by molar-refractivity contribution is 0.0979. The molecule has 4 heteroatoms. The molecule has 0 aliphatic rings. The Morgan fingerprint density at radius 2 is 2.05 bits per heavy atom. The number of carbonyl (C=O) groups excluding carboxylic acids is 1. The topological polar surface area (TPSA) is 39.2 Å². The zero-order valence-corrected chi connectivity index (χ0v) is 12.5. The van der Waals surface area contributed by atoms with E-state index in [1.54, 1.807) is 6.20 Å². The minimum atomic E-state index is 0.159. The molecule has 0 unspecified atom stereocenters. The van der Waals surface area contributed by atoms with Crippen molar-refractivity contribution < 1.29 is 9.53 Å². The molecule has 0 saturated heterocycles. The Morgan fingerprint density at radius 3 is 2.70 bits per heavy atom. The second-order valence-electron chi connectivity index (χ2n) is 4.54. The van der Waals surface area contributed by atoms with E-state index in [1.165, 1.54) is 16.9 Å². The van der Waals surface area contributed by atoms with Crippen molar-refractivity contribution in [1.82, 2.24) is 4.98 Å². The Bertz CT molecular complexity index is 520. The van der Waals surface area contributed by atoms with E-state index < -0.39 is 0 Å². The van der Waals surface area contributed by atoms with Gasteiger partial charge >= 0.3 is 0 Å². The van der Waals surface area contributed by atoms with Gasteiger partial charge in [0, 0.05) is 18.0 Å². The van der Waals surface area contributed by atoms with Gasteiger partial charge in [0.05, 0.1) is 6.61 Å². The molecule has 0 radical (unpaired) electrons. The molecule has 0 atom stereocenters. The van der Waals surface area contributed by atoms with Gasteiger partial charge in [0.2, 0.25) is 0 Å². The van der Waals surface area contributed by atoms with E-state index in [9.17, 15) is 4.79 Å². The van der Waals surface area contributed by atoms with E-state index >= 15 is 0 Å². The number of hydrogen-bond donors (Lipinski definition) is 0. The van der Waals surface area contributed by atoms with Crippen LogP contribution in [0.15, 0.2) is 35.8 Å². The lowest BCUT2D eigenvalue weighted by Gasteiger charge is -2.04. The minimum Gasteiger partial charge on any atom is -0.494 e. The standard InChI is InChI=1S/C16H19NO2S/c1-2-19-14-9-7-13(8-10-14)5-3-4-6-15(18)16-17-11-12-20-16/h7-12H,2-6H2,1H3. The highest BCUT2D eigenvalue weighted by atomic mass is 32.1. The monoisotopic (exact) mass is 289 g/mol. The van der Waals surface area contributed by atoms with Gasteiger partial charge < -0.3 is 4.74 Å². The molecule has 0 aliphatic carbocycles. The van der Waals surface area contributed by atoms with Crippen molar-refractivity contribution in [2.24, 2.45) is 0 Å². The molecule has 2 aromatic rings. The maximum absolute atomic E-state index is 11.8.